The molecule has 4 heteroatoms. The van der Waals surface area contributed by atoms with Crippen LogP contribution in [0.2, 0.25) is 0 Å². The summed E-state index contributed by atoms with van der Waals surface area (Å²) < 4.78 is 5.51. The summed E-state index contributed by atoms with van der Waals surface area (Å²) in [7, 11) is 0. The van der Waals surface area contributed by atoms with Crippen molar-refractivity contribution in [2.24, 2.45) is 5.73 Å². The van der Waals surface area contributed by atoms with Gasteiger partial charge < -0.3 is 15.8 Å². The van der Waals surface area contributed by atoms with Gasteiger partial charge in [0.15, 0.2) is 0 Å². The zero-order chi connectivity index (χ0) is 12.1. The van der Waals surface area contributed by atoms with E-state index >= 15 is 0 Å². The van der Waals surface area contributed by atoms with Crippen molar-refractivity contribution in [3.05, 3.63) is 35.4 Å². The quantitative estimate of drug-likeness (QED) is 0.800. The van der Waals surface area contributed by atoms with Crippen molar-refractivity contribution in [1.29, 1.82) is 0 Å². The van der Waals surface area contributed by atoms with Gasteiger partial charge in [0.2, 0.25) is 5.91 Å². The third-order valence-corrected chi connectivity index (χ3v) is 2.99. The predicted molar refractivity (Wildman–Crippen MR) is 65.6 cm³/mol. The molecule has 1 fully saturated rings. The molecule has 92 valence electrons. The normalized spacial score (nSPS) is 19.4. The van der Waals surface area contributed by atoms with Gasteiger partial charge in [-0.05, 0) is 24.5 Å². The highest BCUT2D eigenvalue weighted by Gasteiger charge is 2.15. The van der Waals surface area contributed by atoms with Gasteiger partial charge in [0.05, 0.1) is 6.10 Å². The number of nitrogens with two attached hydrogens (primary N) is 1. The number of benzene rings is 1. The number of ether oxygens (including phenoxy) is 1. The smallest absolute Gasteiger partial charge is 0.249 e. The third kappa shape index (κ3) is 3.28. The summed E-state index contributed by atoms with van der Waals surface area (Å²) in [6, 6.07) is 7.41. The van der Waals surface area contributed by atoms with Crippen molar-refractivity contribution in [2.75, 3.05) is 13.2 Å². The number of amides is 1. The molecule has 2 rings (SSSR count). The molecule has 4 nitrogen and oxygen atoms in total. The van der Waals surface area contributed by atoms with E-state index in [2.05, 4.69) is 5.32 Å². The van der Waals surface area contributed by atoms with E-state index in [1.54, 1.807) is 6.07 Å². The van der Waals surface area contributed by atoms with Crippen molar-refractivity contribution in [2.45, 2.75) is 25.5 Å². The van der Waals surface area contributed by atoms with Gasteiger partial charge in [-0.1, -0.05) is 18.2 Å². The molecule has 3 N–H and O–H groups in total. The minimum atomic E-state index is -0.375. The second-order valence-corrected chi connectivity index (χ2v) is 4.29. The van der Waals surface area contributed by atoms with Crippen LogP contribution in [0.15, 0.2) is 24.3 Å². The summed E-state index contributed by atoms with van der Waals surface area (Å²) in [6.07, 6.45) is 2.57. The first-order valence-corrected chi connectivity index (χ1v) is 5.97. The number of nitrogens with one attached hydrogen (secondary N) is 1. The summed E-state index contributed by atoms with van der Waals surface area (Å²) in [5.74, 6) is -0.375. The average molecular weight is 234 g/mol. The molecular formula is C13H18N2O2. The topological polar surface area (TPSA) is 64.4 Å². The van der Waals surface area contributed by atoms with Crippen molar-refractivity contribution in [3.63, 3.8) is 0 Å². The molecule has 1 aromatic carbocycles. The maximum Gasteiger partial charge on any atom is 0.249 e. The molecule has 1 unspecified atom stereocenters. The molecule has 17 heavy (non-hydrogen) atoms. The molecule has 0 saturated carbocycles. The fourth-order valence-corrected chi connectivity index (χ4v) is 2.09. The number of rotatable bonds is 5. The van der Waals surface area contributed by atoms with Crippen LogP contribution >= 0.6 is 0 Å². The van der Waals surface area contributed by atoms with Crippen LogP contribution < -0.4 is 11.1 Å². The number of carbonyl (C=O) groups excluding carboxylic acids is 1. The highest BCUT2D eigenvalue weighted by molar-refractivity contribution is 5.94. The first kappa shape index (κ1) is 12.1. The van der Waals surface area contributed by atoms with Gasteiger partial charge in [-0.15, -0.1) is 0 Å². The van der Waals surface area contributed by atoms with E-state index in [0.29, 0.717) is 18.2 Å². The Hall–Kier alpha value is -1.39. The lowest BCUT2D eigenvalue weighted by atomic mass is 10.1. The van der Waals surface area contributed by atoms with Crippen LogP contribution in [-0.4, -0.2) is 25.2 Å². The molecule has 1 saturated heterocycles. The third-order valence-electron chi connectivity index (χ3n) is 2.99. The highest BCUT2D eigenvalue weighted by atomic mass is 16.5. The van der Waals surface area contributed by atoms with E-state index in [1.807, 2.05) is 18.2 Å². The Morgan fingerprint density at radius 2 is 2.29 bits per heavy atom. The number of carbonyl (C=O) groups is 1. The summed E-state index contributed by atoms with van der Waals surface area (Å²) in [5.41, 5.74) is 6.85. The molecular weight excluding hydrogens is 216 g/mol. The fourth-order valence-electron chi connectivity index (χ4n) is 2.09. The second kappa shape index (κ2) is 5.80. The van der Waals surface area contributed by atoms with Crippen LogP contribution in [0.3, 0.4) is 0 Å². The molecule has 1 aromatic rings. The lowest BCUT2D eigenvalue weighted by Gasteiger charge is -2.12. The Labute approximate surface area is 101 Å². The maximum atomic E-state index is 11.2. The molecule has 0 spiro atoms. The Balaban J connectivity index is 1.87. The summed E-state index contributed by atoms with van der Waals surface area (Å²) in [6.45, 7) is 2.34. The monoisotopic (exact) mass is 234 g/mol. The lowest BCUT2D eigenvalue weighted by molar-refractivity contribution is 0.0999. The maximum absolute atomic E-state index is 11.2. The van der Waals surface area contributed by atoms with Crippen LogP contribution in [0.1, 0.15) is 28.8 Å². The van der Waals surface area contributed by atoms with Gasteiger partial charge in [0.1, 0.15) is 0 Å². The number of hydrogen-bond donors (Lipinski definition) is 2. The van der Waals surface area contributed by atoms with E-state index < -0.39 is 0 Å². The van der Waals surface area contributed by atoms with Gasteiger partial charge in [-0.2, -0.15) is 0 Å². The van der Waals surface area contributed by atoms with E-state index in [0.717, 1.165) is 31.6 Å². The second-order valence-electron chi connectivity index (χ2n) is 4.29. The van der Waals surface area contributed by atoms with Gasteiger partial charge >= 0.3 is 0 Å². The number of primary amides is 1. The molecule has 0 aromatic heterocycles. The van der Waals surface area contributed by atoms with Crippen LogP contribution in [0.25, 0.3) is 0 Å². The van der Waals surface area contributed by atoms with Crippen LogP contribution in [0.4, 0.5) is 0 Å². The van der Waals surface area contributed by atoms with Crippen LogP contribution in [-0.2, 0) is 11.3 Å². The van der Waals surface area contributed by atoms with Gasteiger partial charge in [-0.3, -0.25) is 4.79 Å². The molecule has 1 amide bonds. The van der Waals surface area contributed by atoms with Crippen LogP contribution in [0, 0.1) is 0 Å². The average Bonchev–Trinajstić information content (AvgIpc) is 2.82. The summed E-state index contributed by atoms with van der Waals surface area (Å²) in [5, 5.41) is 3.31. The van der Waals surface area contributed by atoms with E-state index in [4.69, 9.17) is 10.5 Å². The van der Waals surface area contributed by atoms with E-state index in [1.165, 1.54) is 0 Å². The molecule has 0 radical (unpaired) electrons. The largest absolute Gasteiger partial charge is 0.377 e. The number of hydrogen-bond acceptors (Lipinski definition) is 3. The SMILES string of the molecule is NC(=O)c1ccccc1CNCC1CCCO1. The first-order valence-electron chi connectivity index (χ1n) is 5.97. The Morgan fingerprint density at radius 1 is 1.47 bits per heavy atom. The Bertz CT molecular complexity index is 387. The van der Waals surface area contributed by atoms with Crippen molar-refractivity contribution >= 4 is 5.91 Å². The molecule has 1 atom stereocenters. The first-order chi connectivity index (χ1) is 8.27. The van der Waals surface area contributed by atoms with Gasteiger partial charge in [0, 0.05) is 25.3 Å². The molecule has 1 heterocycles. The summed E-state index contributed by atoms with van der Waals surface area (Å²) in [4.78, 5) is 11.2. The van der Waals surface area contributed by atoms with Crippen molar-refractivity contribution in [1.82, 2.24) is 5.32 Å². The molecule has 1 aliphatic rings. The fraction of sp³-hybridized carbons (Fsp3) is 0.462. The van der Waals surface area contributed by atoms with E-state index in [9.17, 15) is 4.79 Å². The predicted octanol–water partition coefficient (Wildman–Crippen LogP) is 1.05. The standard InChI is InChI=1S/C13H18N2O2/c14-13(16)12-6-2-1-4-10(12)8-15-9-11-5-3-7-17-11/h1-2,4,6,11,15H,3,5,7-9H2,(H2,14,16). The zero-order valence-corrected chi connectivity index (χ0v) is 9.82. The van der Waals surface area contributed by atoms with Gasteiger partial charge in [-0.25, -0.2) is 0 Å². The molecule has 1 aliphatic heterocycles. The van der Waals surface area contributed by atoms with Crippen LogP contribution in [0.5, 0.6) is 0 Å². The van der Waals surface area contributed by atoms with Crippen molar-refractivity contribution < 1.29 is 9.53 Å². The minimum absolute atomic E-state index is 0.316. The lowest BCUT2D eigenvalue weighted by Crippen LogP contribution is -2.27. The molecule has 0 bridgehead atoms. The minimum Gasteiger partial charge on any atom is -0.377 e. The van der Waals surface area contributed by atoms with Crippen molar-refractivity contribution in [3.8, 4) is 0 Å². The Kier molecular flexibility index (Phi) is 4.12. The summed E-state index contributed by atoms with van der Waals surface area (Å²) >= 11 is 0. The van der Waals surface area contributed by atoms with E-state index in [-0.39, 0.29) is 5.91 Å². The van der Waals surface area contributed by atoms with Gasteiger partial charge in [0.25, 0.3) is 0 Å². The zero-order valence-electron chi connectivity index (χ0n) is 9.82. The molecule has 0 aliphatic carbocycles. The Morgan fingerprint density at radius 3 is 3.00 bits per heavy atom. The highest BCUT2D eigenvalue weighted by Crippen LogP contribution is 2.11.